The molecule has 0 heterocycles. The summed E-state index contributed by atoms with van der Waals surface area (Å²) in [6.45, 7) is 7.68. The Morgan fingerprint density at radius 1 is 1.29 bits per heavy atom. The van der Waals surface area contributed by atoms with Gasteiger partial charge in [0.15, 0.2) is 0 Å². The zero-order valence-corrected chi connectivity index (χ0v) is 13.2. The van der Waals surface area contributed by atoms with Gasteiger partial charge in [0.05, 0.1) is 0 Å². The predicted molar refractivity (Wildman–Crippen MR) is 86.1 cm³/mol. The number of carbonyl (C=O) groups is 1. The molecule has 0 spiro atoms. The van der Waals surface area contributed by atoms with Crippen molar-refractivity contribution in [1.82, 2.24) is 4.90 Å². The van der Waals surface area contributed by atoms with Crippen LogP contribution in [-0.2, 0) is 0 Å². The highest BCUT2D eigenvalue weighted by atomic mass is 16.2. The first-order valence-corrected chi connectivity index (χ1v) is 7.65. The van der Waals surface area contributed by atoms with Crippen LogP contribution in [0.5, 0.6) is 0 Å². The third-order valence-corrected chi connectivity index (χ3v) is 3.72. The Labute approximate surface area is 128 Å². The highest BCUT2D eigenvalue weighted by Gasteiger charge is 2.17. The highest BCUT2D eigenvalue weighted by molar-refractivity contribution is 5.94. The van der Waals surface area contributed by atoms with Crippen LogP contribution < -0.4 is 0 Å². The smallest absolute Gasteiger partial charge is 0.253 e. The first kappa shape index (κ1) is 17.3. The number of aliphatic hydroxyl groups is 1. The van der Waals surface area contributed by atoms with Gasteiger partial charge in [0.2, 0.25) is 0 Å². The fourth-order valence-corrected chi connectivity index (χ4v) is 2.27. The normalized spacial score (nSPS) is 10.1. The lowest BCUT2D eigenvalue weighted by atomic mass is 10.0. The molecule has 114 valence electrons. The summed E-state index contributed by atoms with van der Waals surface area (Å²) >= 11 is 0. The van der Waals surface area contributed by atoms with Crippen LogP contribution in [0.3, 0.4) is 0 Å². The van der Waals surface area contributed by atoms with Crippen molar-refractivity contribution in [1.29, 1.82) is 0 Å². The Morgan fingerprint density at radius 2 is 2.00 bits per heavy atom. The van der Waals surface area contributed by atoms with E-state index in [-0.39, 0.29) is 12.5 Å². The van der Waals surface area contributed by atoms with Crippen molar-refractivity contribution in [3.8, 4) is 11.8 Å². The molecular formula is C18H25NO2. The third kappa shape index (κ3) is 5.24. The number of hydrogen-bond acceptors (Lipinski definition) is 2. The minimum atomic E-state index is -0.173. The average molecular weight is 287 g/mol. The van der Waals surface area contributed by atoms with Gasteiger partial charge in [-0.25, -0.2) is 0 Å². The van der Waals surface area contributed by atoms with Gasteiger partial charge < -0.3 is 10.0 Å². The molecule has 1 rings (SSSR count). The summed E-state index contributed by atoms with van der Waals surface area (Å²) in [6, 6.07) is 7.29. The van der Waals surface area contributed by atoms with E-state index in [2.05, 4.69) is 25.7 Å². The molecule has 3 nitrogen and oxygen atoms in total. The molecule has 1 aromatic carbocycles. The largest absolute Gasteiger partial charge is 0.384 e. The molecule has 1 aromatic rings. The van der Waals surface area contributed by atoms with Gasteiger partial charge in [-0.05, 0) is 31.0 Å². The minimum Gasteiger partial charge on any atom is -0.384 e. The van der Waals surface area contributed by atoms with Gasteiger partial charge in [0, 0.05) is 24.2 Å². The average Bonchev–Trinajstić information content (AvgIpc) is 2.54. The van der Waals surface area contributed by atoms with Crippen molar-refractivity contribution in [2.45, 2.75) is 33.6 Å². The first-order chi connectivity index (χ1) is 10.2. The van der Waals surface area contributed by atoms with Gasteiger partial charge in [0.1, 0.15) is 6.61 Å². The molecule has 0 unspecified atom stereocenters. The molecule has 0 aliphatic carbocycles. The Balaban J connectivity index is 2.89. The Morgan fingerprint density at radius 3 is 2.57 bits per heavy atom. The van der Waals surface area contributed by atoms with E-state index in [0.29, 0.717) is 18.0 Å². The van der Waals surface area contributed by atoms with E-state index in [9.17, 15) is 4.79 Å². The zero-order chi connectivity index (χ0) is 15.7. The summed E-state index contributed by atoms with van der Waals surface area (Å²) in [5.41, 5.74) is 1.42. The summed E-state index contributed by atoms with van der Waals surface area (Å²) in [7, 11) is 0. The van der Waals surface area contributed by atoms with Crippen molar-refractivity contribution in [3.63, 3.8) is 0 Å². The van der Waals surface area contributed by atoms with Crippen LogP contribution in [0.1, 0.15) is 49.5 Å². The molecular weight excluding hydrogens is 262 g/mol. The van der Waals surface area contributed by atoms with Crippen LogP contribution in [0.2, 0.25) is 0 Å². The molecule has 0 atom stereocenters. The number of nitrogens with zero attached hydrogens (tertiary/aromatic N) is 1. The van der Waals surface area contributed by atoms with E-state index in [1.54, 1.807) is 6.07 Å². The number of aliphatic hydroxyl groups excluding tert-OH is 1. The van der Waals surface area contributed by atoms with E-state index in [1.165, 1.54) is 0 Å². The second-order valence-electron chi connectivity index (χ2n) is 5.07. The molecule has 0 aliphatic rings. The molecule has 1 amide bonds. The van der Waals surface area contributed by atoms with Gasteiger partial charge in [-0.15, -0.1) is 0 Å². The number of hydrogen-bond donors (Lipinski definition) is 1. The van der Waals surface area contributed by atoms with E-state index >= 15 is 0 Å². The number of amides is 1. The summed E-state index contributed by atoms with van der Waals surface area (Å²) < 4.78 is 0. The van der Waals surface area contributed by atoms with Gasteiger partial charge >= 0.3 is 0 Å². The fraction of sp³-hybridized carbons (Fsp3) is 0.500. The Kier molecular flexibility index (Phi) is 7.56. The Hall–Kier alpha value is -1.79. The summed E-state index contributed by atoms with van der Waals surface area (Å²) in [5, 5.41) is 8.74. The number of carbonyl (C=O) groups excluding carboxylic acids is 1. The molecule has 0 aromatic heterocycles. The maximum Gasteiger partial charge on any atom is 0.253 e. The second-order valence-corrected chi connectivity index (χ2v) is 5.07. The van der Waals surface area contributed by atoms with Crippen LogP contribution in [0, 0.1) is 17.8 Å². The van der Waals surface area contributed by atoms with Crippen LogP contribution in [-0.4, -0.2) is 35.6 Å². The molecule has 21 heavy (non-hydrogen) atoms. The molecule has 1 N–H and O–H groups in total. The van der Waals surface area contributed by atoms with E-state index in [0.717, 1.165) is 24.9 Å². The maximum atomic E-state index is 12.6. The zero-order valence-electron chi connectivity index (χ0n) is 13.2. The van der Waals surface area contributed by atoms with Crippen molar-refractivity contribution >= 4 is 5.91 Å². The van der Waals surface area contributed by atoms with Crippen LogP contribution in [0.25, 0.3) is 0 Å². The topological polar surface area (TPSA) is 40.5 Å². The monoisotopic (exact) mass is 287 g/mol. The second kappa shape index (κ2) is 9.20. The molecule has 0 aliphatic heterocycles. The van der Waals surface area contributed by atoms with Crippen molar-refractivity contribution in [3.05, 3.63) is 35.4 Å². The number of benzene rings is 1. The quantitative estimate of drug-likeness (QED) is 0.817. The number of rotatable bonds is 6. The maximum absolute atomic E-state index is 12.6. The Bertz CT molecular complexity index is 509. The molecule has 0 fully saturated rings. The molecule has 3 heteroatoms. The minimum absolute atomic E-state index is 0.0528. The first-order valence-electron chi connectivity index (χ1n) is 7.65. The van der Waals surface area contributed by atoms with Crippen molar-refractivity contribution in [2.24, 2.45) is 5.92 Å². The summed E-state index contributed by atoms with van der Waals surface area (Å²) in [5.74, 6) is 6.04. The molecule has 0 saturated carbocycles. The van der Waals surface area contributed by atoms with Crippen LogP contribution >= 0.6 is 0 Å². The van der Waals surface area contributed by atoms with Crippen LogP contribution in [0.15, 0.2) is 24.3 Å². The fourth-order valence-electron chi connectivity index (χ4n) is 2.27. The molecule has 0 saturated heterocycles. The van der Waals surface area contributed by atoms with Gasteiger partial charge in [0.25, 0.3) is 5.91 Å². The third-order valence-electron chi connectivity index (χ3n) is 3.72. The van der Waals surface area contributed by atoms with Crippen LogP contribution in [0.4, 0.5) is 0 Å². The van der Waals surface area contributed by atoms with Crippen molar-refractivity contribution in [2.75, 3.05) is 19.7 Å². The van der Waals surface area contributed by atoms with Gasteiger partial charge in [-0.3, -0.25) is 4.79 Å². The summed E-state index contributed by atoms with van der Waals surface area (Å²) in [6.07, 6.45) is 2.17. The van der Waals surface area contributed by atoms with Gasteiger partial charge in [-0.2, -0.15) is 0 Å². The van der Waals surface area contributed by atoms with E-state index < -0.39 is 0 Å². The van der Waals surface area contributed by atoms with Crippen molar-refractivity contribution < 1.29 is 9.90 Å². The lowest BCUT2D eigenvalue weighted by molar-refractivity contribution is 0.0735. The van der Waals surface area contributed by atoms with E-state index in [1.807, 2.05) is 30.0 Å². The molecule has 0 radical (unpaired) electrons. The predicted octanol–water partition coefficient (Wildman–Crippen LogP) is 2.93. The molecule has 0 bridgehead atoms. The highest BCUT2D eigenvalue weighted by Crippen LogP contribution is 2.13. The summed E-state index contributed by atoms with van der Waals surface area (Å²) in [4.78, 5) is 14.5. The lowest BCUT2D eigenvalue weighted by Crippen LogP contribution is -2.35. The van der Waals surface area contributed by atoms with E-state index in [4.69, 9.17) is 5.11 Å². The SMILES string of the molecule is CCC(CC)CN(CC)C(=O)c1cccc(C#CCO)c1. The lowest BCUT2D eigenvalue weighted by Gasteiger charge is -2.25. The van der Waals surface area contributed by atoms with Gasteiger partial charge in [-0.1, -0.05) is 44.6 Å². The standard InChI is InChI=1S/C18H25NO2/c1-4-15(5-2)14-19(6-3)18(21)17-11-7-9-16(13-17)10-8-12-20/h7,9,11,13,15,20H,4-6,12,14H2,1-3H3.